The van der Waals surface area contributed by atoms with Gasteiger partial charge in [0.1, 0.15) is 5.57 Å². The van der Waals surface area contributed by atoms with Crippen molar-refractivity contribution < 1.29 is 23.9 Å². The van der Waals surface area contributed by atoms with Crippen molar-refractivity contribution in [3.8, 4) is 11.5 Å². The highest BCUT2D eigenvalue weighted by atomic mass is 79.9. The number of nitrogens with zero attached hydrogens (tertiary/aromatic N) is 1. The number of nitrogens with one attached hydrogen (secondary N) is 1. The molecule has 0 aromatic heterocycles. The molecule has 8 heteroatoms. The average molecular weight is 395 g/mol. The van der Waals surface area contributed by atoms with E-state index in [-0.39, 0.29) is 12.1 Å². The number of hydrogen-bond acceptors (Lipinski definition) is 5. The van der Waals surface area contributed by atoms with E-state index in [1.165, 1.54) is 26.4 Å². The van der Waals surface area contributed by atoms with E-state index in [0.29, 0.717) is 21.5 Å². The maximum absolute atomic E-state index is 12.4. The summed E-state index contributed by atoms with van der Waals surface area (Å²) in [5.41, 5.74) is 0.376. The maximum Gasteiger partial charge on any atom is 0.331 e. The Morgan fingerprint density at radius 2 is 1.96 bits per heavy atom. The summed E-state index contributed by atoms with van der Waals surface area (Å²) in [5.74, 6) is -0.519. The topological polar surface area (TPSA) is 84.9 Å². The molecule has 0 unspecified atom stereocenters. The van der Waals surface area contributed by atoms with Crippen molar-refractivity contribution in [2.45, 2.75) is 0 Å². The number of benzene rings is 1. The van der Waals surface area contributed by atoms with E-state index in [9.17, 15) is 14.4 Å². The predicted octanol–water partition coefficient (Wildman–Crippen LogP) is 2.11. The number of barbiturate groups is 1. The normalized spacial score (nSPS) is 16.2. The van der Waals surface area contributed by atoms with Gasteiger partial charge in [-0.1, -0.05) is 6.08 Å². The Bertz CT molecular complexity index is 757. The Hall–Kier alpha value is -2.61. The number of imide groups is 2. The van der Waals surface area contributed by atoms with E-state index in [0.717, 1.165) is 4.90 Å². The molecule has 0 atom stereocenters. The van der Waals surface area contributed by atoms with Crippen LogP contribution in [0.2, 0.25) is 0 Å². The lowest BCUT2D eigenvalue weighted by Gasteiger charge is -2.25. The van der Waals surface area contributed by atoms with E-state index in [4.69, 9.17) is 9.47 Å². The molecule has 2 rings (SSSR count). The van der Waals surface area contributed by atoms with Crippen LogP contribution < -0.4 is 14.8 Å². The number of amides is 4. The van der Waals surface area contributed by atoms with E-state index in [1.54, 1.807) is 12.1 Å². The number of urea groups is 1. The minimum Gasteiger partial charge on any atom is -0.493 e. The molecule has 1 aliphatic rings. The number of carbonyl (C=O) groups is 3. The number of ether oxygens (including phenoxy) is 2. The minimum absolute atomic E-state index is 0.00488. The third-order valence-electron chi connectivity index (χ3n) is 3.26. The first-order chi connectivity index (χ1) is 11.4. The Balaban J connectivity index is 2.47. The Morgan fingerprint density at radius 1 is 1.25 bits per heavy atom. The predicted molar refractivity (Wildman–Crippen MR) is 90.7 cm³/mol. The minimum atomic E-state index is -0.768. The second-order valence-electron chi connectivity index (χ2n) is 4.76. The van der Waals surface area contributed by atoms with Crippen molar-refractivity contribution in [1.82, 2.24) is 10.2 Å². The zero-order chi connectivity index (χ0) is 17.9. The molecule has 7 nitrogen and oxygen atoms in total. The third kappa shape index (κ3) is 3.33. The van der Waals surface area contributed by atoms with Crippen molar-refractivity contribution in [3.05, 3.63) is 40.4 Å². The molecule has 0 spiro atoms. The average Bonchev–Trinajstić information content (AvgIpc) is 2.54. The highest BCUT2D eigenvalue weighted by Crippen LogP contribution is 2.37. The van der Waals surface area contributed by atoms with Crippen molar-refractivity contribution in [2.75, 3.05) is 20.8 Å². The SMILES string of the molecule is C=CCN1C(=O)NC(=O)/C(=C\c2cc(Br)c(OC)c(OC)c2)C1=O. The van der Waals surface area contributed by atoms with Gasteiger partial charge < -0.3 is 9.47 Å². The number of halogens is 1. The van der Waals surface area contributed by atoms with Crippen LogP contribution >= 0.6 is 15.9 Å². The van der Waals surface area contributed by atoms with Gasteiger partial charge in [0.05, 0.1) is 18.7 Å². The molecule has 0 radical (unpaired) electrons. The summed E-state index contributed by atoms with van der Waals surface area (Å²) in [6.45, 7) is 3.50. The summed E-state index contributed by atoms with van der Waals surface area (Å²) in [5, 5.41) is 2.12. The summed E-state index contributed by atoms with van der Waals surface area (Å²) in [4.78, 5) is 36.9. The maximum atomic E-state index is 12.4. The van der Waals surface area contributed by atoms with Crippen LogP contribution in [0.5, 0.6) is 11.5 Å². The summed E-state index contributed by atoms with van der Waals surface area (Å²) >= 11 is 3.34. The summed E-state index contributed by atoms with van der Waals surface area (Å²) < 4.78 is 11.0. The van der Waals surface area contributed by atoms with Crippen LogP contribution in [0.25, 0.3) is 6.08 Å². The molecule has 1 fully saturated rings. The molecule has 4 amide bonds. The van der Waals surface area contributed by atoms with Crippen LogP contribution in [-0.2, 0) is 9.59 Å². The van der Waals surface area contributed by atoms with Gasteiger partial charge >= 0.3 is 6.03 Å². The van der Waals surface area contributed by atoms with Gasteiger partial charge in [-0.3, -0.25) is 19.8 Å². The van der Waals surface area contributed by atoms with Gasteiger partial charge in [0.25, 0.3) is 11.8 Å². The lowest BCUT2D eigenvalue weighted by atomic mass is 10.1. The molecule has 0 aliphatic carbocycles. The van der Waals surface area contributed by atoms with Crippen molar-refractivity contribution in [1.29, 1.82) is 0 Å². The van der Waals surface area contributed by atoms with Gasteiger partial charge in [-0.2, -0.15) is 0 Å². The largest absolute Gasteiger partial charge is 0.493 e. The van der Waals surface area contributed by atoms with Crippen LogP contribution in [0.3, 0.4) is 0 Å². The van der Waals surface area contributed by atoms with Gasteiger partial charge in [0.2, 0.25) is 0 Å². The summed E-state index contributed by atoms with van der Waals surface area (Å²) in [7, 11) is 2.97. The zero-order valence-corrected chi connectivity index (χ0v) is 14.7. The first-order valence-electron chi connectivity index (χ1n) is 6.84. The van der Waals surface area contributed by atoms with Crippen molar-refractivity contribution >= 4 is 39.9 Å². The van der Waals surface area contributed by atoms with Gasteiger partial charge in [0, 0.05) is 6.54 Å². The number of hydrogen-bond donors (Lipinski definition) is 1. The second kappa shape index (κ2) is 7.31. The van der Waals surface area contributed by atoms with Crippen molar-refractivity contribution in [3.63, 3.8) is 0 Å². The molecule has 1 N–H and O–H groups in total. The lowest BCUT2D eigenvalue weighted by molar-refractivity contribution is -0.129. The first kappa shape index (κ1) is 17.7. The van der Waals surface area contributed by atoms with Gasteiger partial charge in [-0.25, -0.2) is 4.79 Å². The number of carbonyl (C=O) groups excluding carboxylic acids is 3. The van der Waals surface area contributed by atoms with Gasteiger partial charge in [0.15, 0.2) is 11.5 Å². The Labute approximate surface area is 147 Å². The molecule has 1 aromatic carbocycles. The molecule has 1 heterocycles. The summed E-state index contributed by atoms with van der Waals surface area (Å²) in [6, 6.07) is 2.52. The van der Waals surface area contributed by atoms with Crippen LogP contribution in [-0.4, -0.2) is 43.5 Å². The fraction of sp³-hybridized carbons (Fsp3) is 0.188. The molecule has 1 saturated heterocycles. The fourth-order valence-corrected chi connectivity index (χ4v) is 2.80. The smallest absolute Gasteiger partial charge is 0.331 e. The Kier molecular flexibility index (Phi) is 5.40. The van der Waals surface area contributed by atoms with Crippen LogP contribution in [0, 0.1) is 0 Å². The van der Waals surface area contributed by atoms with Crippen LogP contribution in [0.4, 0.5) is 4.79 Å². The van der Waals surface area contributed by atoms with Crippen molar-refractivity contribution in [2.24, 2.45) is 0 Å². The number of methoxy groups -OCH3 is 2. The van der Waals surface area contributed by atoms with Crippen LogP contribution in [0.15, 0.2) is 34.8 Å². The first-order valence-corrected chi connectivity index (χ1v) is 7.63. The van der Waals surface area contributed by atoms with E-state index < -0.39 is 17.8 Å². The molecule has 1 aromatic rings. The Morgan fingerprint density at radius 3 is 2.54 bits per heavy atom. The third-order valence-corrected chi connectivity index (χ3v) is 3.85. The molecular weight excluding hydrogens is 380 g/mol. The highest BCUT2D eigenvalue weighted by molar-refractivity contribution is 9.10. The van der Waals surface area contributed by atoms with Gasteiger partial charge in [-0.15, -0.1) is 6.58 Å². The number of rotatable bonds is 5. The van der Waals surface area contributed by atoms with E-state index >= 15 is 0 Å². The van der Waals surface area contributed by atoms with E-state index in [2.05, 4.69) is 27.8 Å². The molecule has 0 bridgehead atoms. The highest BCUT2D eigenvalue weighted by Gasteiger charge is 2.34. The molecule has 0 saturated carbocycles. The fourth-order valence-electron chi connectivity index (χ4n) is 2.18. The van der Waals surface area contributed by atoms with Gasteiger partial charge in [-0.05, 0) is 39.7 Å². The zero-order valence-electron chi connectivity index (χ0n) is 13.1. The standard InChI is InChI=1S/C16H15BrN2O5/c1-4-5-19-15(21)10(14(20)18-16(19)22)6-9-7-11(17)13(24-3)12(8-9)23-2/h4,6-8H,1,5H2,2-3H3,(H,18,20,22)/b10-6+. The quantitative estimate of drug-likeness (QED) is 0.469. The molecule has 126 valence electrons. The molecular formula is C16H15BrN2O5. The second-order valence-corrected chi connectivity index (χ2v) is 5.61. The summed E-state index contributed by atoms with van der Waals surface area (Å²) in [6.07, 6.45) is 2.78. The lowest BCUT2D eigenvalue weighted by Crippen LogP contribution is -2.54. The molecule has 24 heavy (non-hydrogen) atoms. The monoisotopic (exact) mass is 394 g/mol. The molecule has 1 aliphatic heterocycles. The van der Waals surface area contributed by atoms with E-state index in [1.807, 2.05) is 0 Å². The van der Waals surface area contributed by atoms with Crippen LogP contribution in [0.1, 0.15) is 5.56 Å².